The maximum Gasteiger partial charge on any atom is 0.255 e. The van der Waals surface area contributed by atoms with Crippen LogP contribution in [0.4, 0.5) is 5.82 Å². The number of ether oxygens (including phenoxy) is 1. The Kier molecular flexibility index (Phi) is 6.19. The molecule has 1 amide bonds. The minimum absolute atomic E-state index is 0.0857. The molecule has 0 bridgehead atoms. The summed E-state index contributed by atoms with van der Waals surface area (Å²) in [4.78, 5) is 24.1. The summed E-state index contributed by atoms with van der Waals surface area (Å²) < 4.78 is 5.39. The van der Waals surface area contributed by atoms with Crippen LogP contribution in [0.5, 0.6) is 0 Å². The Morgan fingerprint density at radius 3 is 2.50 bits per heavy atom. The summed E-state index contributed by atoms with van der Waals surface area (Å²) in [6.07, 6.45) is 2.72. The average Bonchev–Trinajstić information content (AvgIpc) is 3.00. The normalized spacial score (nSPS) is 18.7. The Morgan fingerprint density at radius 2 is 1.75 bits per heavy atom. The molecule has 148 valence electrons. The molecule has 0 radical (unpaired) electrons. The van der Waals surface area contributed by atoms with Crippen molar-refractivity contribution in [1.82, 2.24) is 14.8 Å². The topological polar surface area (TPSA) is 48.9 Å². The van der Waals surface area contributed by atoms with Gasteiger partial charge >= 0.3 is 0 Å². The van der Waals surface area contributed by atoms with Gasteiger partial charge in [-0.15, -0.1) is 0 Å². The third kappa shape index (κ3) is 4.69. The lowest BCUT2D eigenvalue weighted by molar-refractivity contribution is 0.0760. The smallest absolute Gasteiger partial charge is 0.255 e. The molecule has 2 aliphatic rings. The standard InChI is InChI=1S/C22H28N4O2/c27-22(20-7-8-21(23-17-20)25-13-15-28-16-14-25)26-10-4-9-24(11-12-26)18-19-5-2-1-3-6-19/h1-3,5-8,17H,4,9-16,18H2. The molecule has 6 nitrogen and oxygen atoms in total. The third-order valence-electron chi connectivity index (χ3n) is 5.45. The van der Waals surface area contributed by atoms with Crippen molar-refractivity contribution in [3.63, 3.8) is 0 Å². The van der Waals surface area contributed by atoms with Crippen molar-refractivity contribution in [1.29, 1.82) is 0 Å². The second-order valence-corrected chi connectivity index (χ2v) is 7.41. The van der Waals surface area contributed by atoms with Crippen LogP contribution in [-0.2, 0) is 11.3 Å². The van der Waals surface area contributed by atoms with Crippen LogP contribution in [0.25, 0.3) is 0 Å². The molecule has 2 fully saturated rings. The molecule has 0 saturated carbocycles. The molecule has 3 heterocycles. The number of hydrogen-bond acceptors (Lipinski definition) is 5. The molecule has 0 aliphatic carbocycles. The second-order valence-electron chi connectivity index (χ2n) is 7.41. The van der Waals surface area contributed by atoms with Crippen LogP contribution >= 0.6 is 0 Å². The van der Waals surface area contributed by atoms with Gasteiger partial charge in [0.2, 0.25) is 0 Å². The number of carbonyl (C=O) groups excluding carboxylic acids is 1. The molecular weight excluding hydrogens is 352 g/mol. The van der Waals surface area contributed by atoms with Crippen LogP contribution in [0, 0.1) is 0 Å². The van der Waals surface area contributed by atoms with Crippen LogP contribution in [0.2, 0.25) is 0 Å². The maximum atomic E-state index is 12.9. The third-order valence-corrected chi connectivity index (χ3v) is 5.45. The summed E-state index contributed by atoms with van der Waals surface area (Å²) in [6.45, 7) is 7.59. The first-order chi connectivity index (χ1) is 13.8. The second kappa shape index (κ2) is 9.17. The van der Waals surface area contributed by atoms with E-state index in [4.69, 9.17) is 4.74 Å². The Hall–Kier alpha value is -2.44. The lowest BCUT2D eigenvalue weighted by Gasteiger charge is -2.28. The van der Waals surface area contributed by atoms with E-state index in [0.29, 0.717) is 5.56 Å². The number of nitrogens with zero attached hydrogens (tertiary/aromatic N) is 4. The van der Waals surface area contributed by atoms with Crippen LogP contribution in [-0.4, -0.2) is 73.2 Å². The number of anilines is 1. The van der Waals surface area contributed by atoms with Crippen molar-refractivity contribution >= 4 is 11.7 Å². The van der Waals surface area contributed by atoms with Crippen LogP contribution < -0.4 is 4.90 Å². The van der Waals surface area contributed by atoms with Gasteiger partial charge in [-0.2, -0.15) is 0 Å². The van der Waals surface area contributed by atoms with Gasteiger partial charge in [-0.3, -0.25) is 9.69 Å². The largest absolute Gasteiger partial charge is 0.378 e. The van der Waals surface area contributed by atoms with E-state index in [9.17, 15) is 4.79 Å². The molecule has 2 saturated heterocycles. The summed E-state index contributed by atoms with van der Waals surface area (Å²) in [6, 6.07) is 14.4. The minimum Gasteiger partial charge on any atom is -0.378 e. The number of aromatic nitrogens is 1. The highest BCUT2D eigenvalue weighted by Gasteiger charge is 2.21. The number of amides is 1. The number of pyridine rings is 1. The SMILES string of the molecule is O=C(c1ccc(N2CCOCC2)nc1)N1CCCN(Cc2ccccc2)CC1. The minimum atomic E-state index is 0.0857. The monoisotopic (exact) mass is 380 g/mol. The zero-order valence-electron chi connectivity index (χ0n) is 16.3. The number of rotatable bonds is 4. The molecule has 28 heavy (non-hydrogen) atoms. The first-order valence-corrected chi connectivity index (χ1v) is 10.1. The predicted octanol–water partition coefficient (Wildman–Crippen LogP) is 2.27. The lowest BCUT2D eigenvalue weighted by atomic mass is 10.2. The fourth-order valence-electron chi connectivity index (χ4n) is 3.85. The van der Waals surface area contributed by atoms with E-state index in [1.54, 1.807) is 6.20 Å². The fraction of sp³-hybridized carbons (Fsp3) is 0.455. The van der Waals surface area contributed by atoms with Gasteiger partial charge in [0.25, 0.3) is 5.91 Å². The van der Waals surface area contributed by atoms with Crippen molar-refractivity contribution in [3.8, 4) is 0 Å². The van der Waals surface area contributed by atoms with Gasteiger partial charge in [-0.05, 0) is 24.1 Å². The number of benzene rings is 1. The van der Waals surface area contributed by atoms with Gasteiger partial charge in [-0.25, -0.2) is 4.98 Å². The molecule has 0 unspecified atom stereocenters. The quantitative estimate of drug-likeness (QED) is 0.814. The van der Waals surface area contributed by atoms with E-state index in [-0.39, 0.29) is 5.91 Å². The zero-order chi connectivity index (χ0) is 19.2. The zero-order valence-corrected chi connectivity index (χ0v) is 16.3. The van der Waals surface area contributed by atoms with E-state index < -0.39 is 0 Å². The maximum absolute atomic E-state index is 12.9. The van der Waals surface area contributed by atoms with Gasteiger partial charge in [0.05, 0.1) is 18.8 Å². The average molecular weight is 380 g/mol. The highest BCUT2D eigenvalue weighted by Crippen LogP contribution is 2.16. The lowest BCUT2D eigenvalue weighted by Crippen LogP contribution is -2.37. The van der Waals surface area contributed by atoms with Gasteiger partial charge in [0.15, 0.2) is 0 Å². The fourth-order valence-corrected chi connectivity index (χ4v) is 3.85. The molecule has 2 aliphatic heterocycles. The summed E-state index contributed by atoms with van der Waals surface area (Å²) in [7, 11) is 0. The molecular formula is C22H28N4O2. The van der Waals surface area contributed by atoms with E-state index >= 15 is 0 Å². The first kappa shape index (κ1) is 18.9. The van der Waals surface area contributed by atoms with Crippen molar-refractivity contribution in [3.05, 3.63) is 59.8 Å². The van der Waals surface area contributed by atoms with Crippen LogP contribution in [0.3, 0.4) is 0 Å². The van der Waals surface area contributed by atoms with Crippen molar-refractivity contribution in [2.45, 2.75) is 13.0 Å². The number of hydrogen-bond donors (Lipinski definition) is 0. The van der Waals surface area contributed by atoms with E-state index in [1.165, 1.54) is 5.56 Å². The Labute approximate surface area is 166 Å². The van der Waals surface area contributed by atoms with Gasteiger partial charge < -0.3 is 14.5 Å². The molecule has 0 atom stereocenters. The summed E-state index contributed by atoms with van der Waals surface area (Å²) in [5.74, 6) is 1.01. The van der Waals surface area contributed by atoms with Gasteiger partial charge in [-0.1, -0.05) is 30.3 Å². The molecule has 1 aromatic heterocycles. The molecule has 2 aromatic rings. The first-order valence-electron chi connectivity index (χ1n) is 10.1. The van der Waals surface area contributed by atoms with Crippen molar-refractivity contribution in [2.24, 2.45) is 0 Å². The summed E-state index contributed by atoms with van der Waals surface area (Å²) in [5, 5.41) is 0. The van der Waals surface area contributed by atoms with E-state index in [2.05, 4.69) is 39.0 Å². The summed E-state index contributed by atoms with van der Waals surface area (Å²) in [5.41, 5.74) is 2.00. The molecule has 1 aromatic carbocycles. The van der Waals surface area contributed by atoms with Gasteiger partial charge in [0, 0.05) is 52.0 Å². The highest BCUT2D eigenvalue weighted by molar-refractivity contribution is 5.94. The van der Waals surface area contributed by atoms with Gasteiger partial charge in [0.1, 0.15) is 5.82 Å². The Balaban J connectivity index is 1.34. The molecule has 6 heteroatoms. The van der Waals surface area contributed by atoms with Crippen molar-refractivity contribution in [2.75, 3.05) is 57.4 Å². The molecule has 4 rings (SSSR count). The Bertz CT molecular complexity index is 760. The van der Waals surface area contributed by atoms with E-state index in [0.717, 1.165) is 71.3 Å². The van der Waals surface area contributed by atoms with E-state index in [1.807, 2.05) is 23.1 Å². The van der Waals surface area contributed by atoms with Crippen LogP contribution in [0.1, 0.15) is 22.3 Å². The highest BCUT2D eigenvalue weighted by atomic mass is 16.5. The summed E-state index contributed by atoms with van der Waals surface area (Å²) >= 11 is 0. The predicted molar refractivity (Wildman–Crippen MR) is 110 cm³/mol. The number of morpholine rings is 1. The number of carbonyl (C=O) groups is 1. The van der Waals surface area contributed by atoms with Crippen molar-refractivity contribution < 1.29 is 9.53 Å². The Morgan fingerprint density at radius 1 is 0.929 bits per heavy atom. The molecule has 0 spiro atoms. The van der Waals surface area contributed by atoms with Crippen LogP contribution in [0.15, 0.2) is 48.7 Å². The molecule has 0 N–H and O–H groups in total.